The van der Waals surface area contributed by atoms with E-state index in [1.807, 2.05) is 38.1 Å². The number of anilines is 1. The standard InChI is InChI=1S/C20H25FN2O3S/c1-15(2)26-19-7-5-18(6-8-19)22-10-12-23(13-11-22)27(24,25)20-9-4-17(21)14-16(20)3/h4-9,14-15H,10-13H2,1-3H3. The molecule has 1 saturated heterocycles. The van der Waals surface area contributed by atoms with Crippen LogP contribution in [0.4, 0.5) is 10.1 Å². The minimum atomic E-state index is -3.62. The van der Waals surface area contributed by atoms with Gasteiger partial charge in [-0.25, -0.2) is 12.8 Å². The van der Waals surface area contributed by atoms with Crippen molar-refractivity contribution >= 4 is 15.7 Å². The van der Waals surface area contributed by atoms with E-state index < -0.39 is 15.8 Å². The van der Waals surface area contributed by atoms with E-state index in [1.165, 1.54) is 22.5 Å². The molecule has 3 rings (SSSR count). The Bertz CT molecular complexity index is 890. The van der Waals surface area contributed by atoms with Crippen molar-refractivity contribution in [3.63, 3.8) is 0 Å². The Balaban J connectivity index is 1.67. The molecule has 0 saturated carbocycles. The first-order chi connectivity index (χ1) is 12.8. The van der Waals surface area contributed by atoms with Crippen LogP contribution in [0, 0.1) is 12.7 Å². The van der Waals surface area contributed by atoms with Crippen molar-refractivity contribution in [2.24, 2.45) is 0 Å². The van der Waals surface area contributed by atoms with Crippen LogP contribution < -0.4 is 9.64 Å². The van der Waals surface area contributed by atoms with Gasteiger partial charge in [-0.2, -0.15) is 4.31 Å². The summed E-state index contributed by atoms with van der Waals surface area (Å²) >= 11 is 0. The molecule has 0 radical (unpaired) electrons. The highest BCUT2D eigenvalue weighted by molar-refractivity contribution is 7.89. The molecule has 7 heteroatoms. The molecule has 0 spiro atoms. The Hall–Kier alpha value is -2.12. The fraction of sp³-hybridized carbons (Fsp3) is 0.400. The third-order valence-corrected chi connectivity index (χ3v) is 6.63. The Morgan fingerprint density at radius 2 is 1.63 bits per heavy atom. The van der Waals surface area contributed by atoms with Crippen LogP contribution in [-0.2, 0) is 10.0 Å². The van der Waals surface area contributed by atoms with E-state index in [0.29, 0.717) is 31.7 Å². The van der Waals surface area contributed by atoms with Gasteiger partial charge < -0.3 is 9.64 Å². The molecule has 2 aromatic rings. The summed E-state index contributed by atoms with van der Waals surface area (Å²) in [7, 11) is -3.62. The second-order valence-electron chi connectivity index (χ2n) is 6.96. The first-order valence-corrected chi connectivity index (χ1v) is 10.5. The van der Waals surface area contributed by atoms with Crippen LogP contribution in [0.1, 0.15) is 19.4 Å². The van der Waals surface area contributed by atoms with Gasteiger partial charge in [0.15, 0.2) is 0 Å². The van der Waals surface area contributed by atoms with Crippen LogP contribution in [0.2, 0.25) is 0 Å². The average Bonchev–Trinajstić information content (AvgIpc) is 2.61. The van der Waals surface area contributed by atoms with E-state index in [2.05, 4.69) is 4.90 Å². The molecular weight excluding hydrogens is 367 g/mol. The SMILES string of the molecule is Cc1cc(F)ccc1S(=O)(=O)N1CCN(c2ccc(OC(C)C)cc2)CC1. The summed E-state index contributed by atoms with van der Waals surface area (Å²) in [4.78, 5) is 2.33. The minimum Gasteiger partial charge on any atom is -0.491 e. The fourth-order valence-electron chi connectivity index (χ4n) is 3.24. The molecule has 1 heterocycles. The first kappa shape index (κ1) is 19.6. The zero-order valence-corrected chi connectivity index (χ0v) is 16.7. The molecule has 0 aliphatic carbocycles. The molecule has 0 atom stereocenters. The first-order valence-electron chi connectivity index (χ1n) is 9.05. The van der Waals surface area contributed by atoms with Crippen LogP contribution >= 0.6 is 0 Å². The summed E-state index contributed by atoms with van der Waals surface area (Å²) in [5, 5.41) is 0. The number of hydrogen-bond donors (Lipinski definition) is 0. The fourth-order valence-corrected chi connectivity index (χ4v) is 4.86. The molecule has 1 aliphatic heterocycles. The van der Waals surface area contributed by atoms with Crippen LogP contribution in [0.3, 0.4) is 0 Å². The van der Waals surface area contributed by atoms with Crippen LogP contribution in [0.25, 0.3) is 0 Å². The number of aryl methyl sites for hydroxylation is 1. The van der Waals surface area contributed by atoms with Gasteiger partial charge in [0.1, 0.15) is 11.6 Å². The van der Waals surface area contributed by atoms with E-state index in [4.69, 9.17) is 4.74 Å². The van der Waals surface area contributed by atoms with E-state index in [-0.39, 0.29) is 11.0 Å². The van der Waals surface area contributed by atoms with Gasteiger partial charge in [0.25, 0.3) is 0 Å². The molecule has 5 nitrogen and oxygen atoms in total. The molecule has 0 N–H and O–H groups in total. The lowest BCUT2D eigenvalue weighted by molar-refractivity contribution is 0.242. The van der Waals surface area contributed by atoms with Gasteiger partial charge in [0.05, 0.1) is 11.0 Å². The number of ether oxygens (including phenoxy) is 1. The smallest absolute Gasteiger partial charge is 0.243 e. The van der Waals surface area contributed by atoms with E-state index in [0.717, 1.165) is 11.4 Å². The molecular formula is C20H25FN2O3S. The lowest BCUT2D eigenvalue weighted by Gasteiger charge is -2.35. The molecule has 1 aliphatic rings. The Morgan fingerprint density at radius 3 is 2.19 bits per heavy atom. The molecule has 1 fully saturated rings. The van der Waals surface area contributed by atoms with Crippen LogP contribution in [0.15, 0.2) is 47.4 Å². The largest absolute Gasteiger partial charge is 0.491 e. The quantitative estimate of drug-likeness (QED) is 0.782. The molecule has 27 heavy (non-hydrogen) atoms. The van der Waals surface area contributed by atoms with E-state index in [1.54, 1.807) is 6.92 Å². The highest BCUT2D eigenvalue weighted by Crippen LogP contribution is 2.25. The van der Waals surface area contributed by atoms with Crippen molar-refractivity contribution in [1.29, 1.82) is 0 Å². The van der Waals surface area contributed by atoms with Crippen molar-refractivity contribution in [2.45, 2.75) is 31.8 Å². The maximum Gasteiger partial charge on any atom is 0.243 e. The average molecular weight is 392 g/mol. The monoisotopic (exact) mass is 392 g/mol. The summed E-state index contributed by atoms with van der Waals surface area (Å²) < 4.78 is 46.2. The van der Waals surface area contributed by atoms with Crippen LogP contribution in [0.5, 0.6) is 5.75 Å². The predicted octanol–water partition coefficient (Wildman–Crippen LogP) is 3.43. The van der Waals surface area contributed by atoms with Gasteiger partial charge in [-0.1, -0.05) is 0 Å². The summed E-state index contributed by atoms with van der Waals surface area (Å²) in [6.07, 6.45) is 0.125. The zero-order valence-electron chi connectivity index (χ0n) is 15.9. The summed E-state index contributed by atoms with van der Waals surface area (Å²) in [5.74, 6) is 0.392. The number of nitrogens with zero attached hydrogens (tertiary/aromatic N) is 2. The highest BCUT2D eigenvalue weighted by atomic mass is 32.2. The van der Waals surface area contributed by atoms with Crippen molar-refractivity contribution in [2.75, 3.05) is 31.1 Å². The van der Waals surface area contributed by atoms with Crippen molar-refractivity contribution in [3.05, 3.63) is 53.8 Å². The second-order valence-corrected chi connectivity index (χ2v) is 8.87. The van der Waals surface area contributed by atoms with Gasteiger partial charge in [0.2, 0.25) is 10.0 Å². The van der Waals surface area contributed by atoms with Gasteiger partial charge in [-0.05, 0) is 68.8 Å². The number of sulfonamides is 1. The van der Waals surface area contributed by atoms with Crippen LogP contribution in [-0.4, -0.2) is 45.0 Å². The molecule has 2 aromatic carbocycles. The number of halogens is 1. The van der Waals surface area contributed by atoms with Crippen molar-refractivity contribution < 1.29 is 17.5 Å². The number of piperazine rings is 1. The number of rotatable bonds is 5. The zero-order chi connectivity index (χ0) is 19.6. The number of hydrogen-bond acceptors (Lipinski definition) is 4. The second kappa shape index (κ2) is 7.86. The van der Waals surface area contributed by atoms with Gasteiger partial charge in [-0.15, -0.1) is 0 Å². The molecule has 0 aromatic heterocycles. The lowest BCUT2D eigenvalue weighted by Crippen LogP contribution is -2.48. The number of benzene rings is 2. The van der Waals surface area contributed by atoms with E-state index in [9.17, 15) is 12.8 Å². The van der Waals surface area contributed by atoms with Crippen molar-refractivity contribution in [3.8, 4) is 5.75 Å². The maximum absolute atomic E-state index is 13.3. The molecule has 0 unspecified atom stereocenters. The third kappa shape index (κ3) is 4.42. The summed E-state index contributed by atoms with van der Waals surface area (Å²) in [6, 6.07) is 11.6. The van der Waals surface area contributed by atoms with Crippen molar-refractivity contribution in [1.82, 2.24) is 4.31 Å². The molecule has 146 valence electrons. The van der Waals surface area contributed by atoms with Gasteiger partial charge in [0, 0.05) is 31.9 Å². The highest BCUT2D eigenvalue weighted by Gasteiger charge is 2.29. The topological polar surface area (TPSA) is 49.9 Å². The minimum absolute atomic E-state index is 0.125. The Labute approximate surface area is 160 Å². The Kier molecular flexibility index (Phi) is 5.72. The predicted molar refractivity (Wildman–Crippen MR) is 104 cm³/mol. The molecule has 0 amide bonds. The lowest BCUT2D eigenvalue weighted by atomic mass is 10.2. The maximum atomic E-state index is 13.3. The summed E-state index contributed by atoms with van der Waals surface area (Å²) in [6.45, 7) is 7.57. The molecule has 0 bridgehead atoms. The Morgan fingerprint density at radius 1 is 1.00 bits per heavy atom. The normalized spacial score (nSPS) is 16.0. The van der Waals surface area contributed by atoms with Gasteiger partial charge in [-0.3, -0.25) is 0 Å². The van der Waals surface area contributed by atoms with Gasteiger partial charge >= 0.3 is 0 Å². The third-order valence-electron chi connectivity index (χ3n) is 4.57. The van der Waals surface area contributed by atoms with E-state index >= 15 is 0 Å². The summed E-state index contributed by atoms with van der Waals surface area (Å²) in [5.41, 5.74) is 1.47.